The molecular weight excluding hydrogens is 703 g/mol. The fourth-order valence-electron chi connectivity index (χ4n) is 6.97. The molecule has 0 unspecified atom stereocenters. The van der Waals surface area contributed by atoms with Crippen molar-refractivity contribution in [2.24, 2.45) is 0 Å². The first-order chi connectivity index (χ1) is 33.5. The van der Waals surface area contributed by atoms with Crippen LogP contribution in [0.25, 0.3) is 110 Å². The van der Waals surface area contributed by atoms with Crippen LogP contribution < -0.4 is 0 Å². The van der Waals surface area contributed by atoms with Crippen LogP contribution in [0.15, 0.2) is 192 Å². The van der Waals surface area contributed by atoms with Gasteiger partial charge in [0.1, 0.15) is 11.2 Å². The van der Waals surface area contributed by atoms with Gasteiger partial charge in [0.2, 0.25) is 0 Å². The van der Waals surface area contributed by atoms with Gasteiger partial charge in [-0.05, 0) is 76.3 Å². The summed E-state index contributed by atoms with van der Waals surface area (Å²) >= 11 is 1.76. The standard InChI is InChI=1S/C51H31N3OS/c1-4-13-32(14-5-1)35-19-12-20-37(27-35)50-52-49(34-17-8-3-9-18-34)53-51(54-50)38-23-25-40-43-28-36(24-26-45(43)55-46(40)31-38)39-29-42(33-15-6-2-7-16-33)48-44(30-39)41-21-10-11-22-47(41)56-48/h1-31H/i1D,3D,4D,5D,8D,9D,12D,13D,14D,17D,18D,19D,20D,27D. The highest BCUT2D eigenvalue weighted by Crippen LogP contribution is 2.43. The molecule has 3 heterocycles. The van der Waals surface area contributed by atoms with E-state index < -0.39 is 118 Å². The largest absolute Gasteiger partial charge is 0.456 e. The lowest BCUT2D eigenvalue weighted by Gasteiger charge is -2.10. The molecule has 11 rings (SSSR count). The fraction of sp³-hybridized carbons (Fsp3) is 0. The molecule has 0 bridgehead atoms. The summed E-state index contributed by atoms with van der Waals surface area (Å²) in [5.41, 5.74) is 3.43. The van der Waals surface area contributed by atoms with Crippen LogP contribution in [0.2, 0.25) is 0 Å². The average Bonchev–Trinajstić information content (AvgIpc) is 3.94. The van der Waals surface area contributed by atoms with Crippen molar-refractivity contribution in [2.75, 3.05) is 0 Å². The fourth-order valence-corrected chi connectivity index (χ4v) is 8.19. The summed E-state index contributed by atoms with van der Waals surface area (Å²) in [7, 11) is 0. The highest BCUT2D eigenvalue weighted by atomic mass is 32.1. The van der Waals surface area contributed by atoms with E-state index in [1.807, 2.05) is 42.5 Å². The van der Waals surface area contributed by atoms with E-state index in [2.05, 4.69) is 57.4 Å². The Morgan fingerprint density at radius 2 is 1.07 bits per heavy atom. The van der Waals surface area contributed by atoms with Crippen LogP contribution in [0.5, 0.6) is 0 Å². The highest BCUT2D eigenvalue weighted by molar-refractivity contribution is 7.26. The van der Waals surface area contributed by atoms with Crippen LogP contribution >= 0.6 is 11.3 Å². The molecule has 8 aromatic carbocycles. The second kappa shape index (κ2) is 13.3. The summed E-state index contributed by atoms with van der Waals surface area (Å²) in [6.45, 7) is 0. The molecule has 0 aliphatic carbocycles. The Bertz CT molecular complexity index is 4020. The van der Waals surface area contributed by atoms with Crippen molar-refractivity contribution in [3.63, 3.8) is 0 Å². The summed E-state index contributed by atoms with van der Waals surface area (Å²) in [5.74, 6) is -1.08. The minimum atomic E-state index is -0.776. The van der Waals surface area contributed by atoms with Crippen LogP contribution in [0.3, 0.4) is 0 Å². The smallest absolute Gasteiger partial charge is 0.164 e. The van der Waals surface area contributed by atoms with Crippen LogP contribution in [0.4, 0.5) is 0 Å². The number of hydrogen-bond acceptors (Lipinski definition) is 5. The summed E-state index contributed by atoms with van der Waals surface area (Å²) in [4.78, 5) is 13.7. The van der Waals surface area contributed by atoms with E-state index in [4.69, 9.17) is 22.2 Å². The minimum Gasteiger partial charge on any atom is -0.456 e. The van der Waals surface area contributed by atoms with Crippen molar-refractivity contribution in [3.05, 3.63) is 188 Å². The first-order valence-corrected chi connectivity index (χ1v) is 18.3. The molecule has 0 amide bonds. The van der Waals surface area contributed by atoms with E-state index >= 15 is 0 Å². The maximum Gasteiger partial charge on any atom is 0.164 e. The molecule has 0 aliphatic heterocycles. The maximum atomic E-state index is 9.36. The van der Waals surface area contributed by atoms with Gasteiger partial charge in [-0.2, -0.15) is 0 Å². The average molecular weight is 748 g/mol. The summed E-state index contributed by atoms with van der Waals surface area (Å²) < 4.78 is 129. The van der Waals surface area contributed by atoms with E-state index in [1.54, 1.807) is 29.5 Å². The van der Waals surface area contributed by atoms with Crippen LogP contribution in [0.1, 0.15) is 19.2 Å². The second-order valence-corrected chi connectivity index (χ2v) is 14.0. The van der Waals surface area contributed by atoms with Gasteiger partial charge in [-0.15, -0.1) is 11.3 Å². The van der Waals surface area contributed by atoms with Crippen LogP contribution in [-0.4, -0.2) is 15.0 Å². The molecule has 3 aromatic heterocycles. The number of rotatable bonds is 6. The number of benzene rings is 8. The Labute approximate surface area is 346 Å². The van der Waals surface area contributed by atoms with Gasteiger partial charge in [-0.3, -0.25) is 0 Å². The molecule has 56 heavy (non-hydrogen) atoms. The van der Waals surface area contributed by atoms with Crippen molar-refractivity contribution < 1.29 is 23.6 Å². The number of thiophene rings is 1. The molecule has 0 saturated carbocycles. The molecule has 262 valence electrons. The third kappa shape index (κ3) is 5.65. The summed E-state index contributed by atoms with van der Waals surface area (Å²) in [6.07, 6.45) is 0. The predicted octanol–water partition coefficient (Wildman–Crippen LogP) is 14.1. The Morgan fingerprint density at radius 1 is 0.411 bits per heavy atom. The number of hydrogen-bond donors (Lipinski definition) is 0. The lowest BCUT2D eigenvalue weighted by Crippen LogP contribution is -2.00. The zero-order valence-electron chi connectivity index (χ0n) is 43.0. The van der Waals surface area contributed by atoms with Gasteiger partial charge in [-0.25, -0.2) is 15.0 Å². The maximum absolute atomic E-state index is 9.36. The van der Waals surface area contributed by atoms with E-state index in [0.717, 1.165) is 38.4 Å². The topological polar surface area (TPSA) is 51.8 Å². The van der Waals surface area contributed by atoms with Crippen molar-refractivity contribution in [3.8, 4) is 67.5 Å². The van der Waals surface area contributed by atoms with Crippen molar-refractivity contribution in [1.82, 2.24) is 15.0 Å². The van der Waals surface area contributed by atoms with E-state index in [0.29, 0.717) is 16.7 Å². The number of nitrogens with zero attached hydrogens (tertiary/aromatic N) is 3. The van der Waals surface area contributed by atoms with Crippen LogP contribution in [0, 0.1) is 0 Å². The Balaban J connectivity index is 1.11. The predicted molar refractivity (Wildman–Crippen MR) is 233 cm³/mol. The summed E-state index contributed by atoms with van der Waals surface area (Å²) in [5, 5.41) is 3.86. The first kappa shape index (κ1) is 21.0. The molecule has 0 fully saturated rings. The second-order valence-electron chi connectivity index (χ2n) is 12.9. The molecule has 0 saturated heterocycles. The first-order valence-electron chi connectivity index (χ1n) is 24.5. The van der Waals surface area contributed by atoms with Crippen molar-refractivity contribution in [1.29, 1.82) is 0 Å². The molecule has 0 atom stereocenters. The van der Waals surface area contributed by atoms with Gasteiger partial charge in [0.25, 0.3) is 0 Å². The molecule has 0 aliphatic rings. The van der Waals surface area contributed by atoms with Crippen molar-refractivity contribution in [2.45, 2.75) is 0 Å². The molecular formula is C51H31N3OS. The lowest BCUT2D eigenvalue weighted by molar-refractivity contribution is 0.669. The Hall–Kier alpha value is -7.21. The Morgan fingerprint density at radius 3 is 1.89 bits per heavy atom. The monoisotopic (exact) mass is 747 g/mol. The lowest BCUT2D eigenvalue weighted by atomic mass is 9.95. The number of fused-ring (bicyclic) bond motifs is 6. The minimum absolute atomic E-state index is 0.149. The number of furan rings is 1. The van der Waals surface area contributed by atoms with E-state index in [1.165, 1.54) is 14.8 Å². The van der Waals surface area contributed by atoms with Gasteiger partial charge >= 0.3 is 0 Å². The molecule has 4 nitrogen and oxygen atoms in total. The van der Waals surface area contributed by atoms with Crippen LogP contribution in [-0.2, 0) is 0 Å². The Kier molecular flexibility index (Phi) is 4.98. The number of aromatic nitrogens is 3. The zero-order valence-corrected chi connectivity index (χ0v) is 29.8. The molecule has 5 heteroatoms. The van der Waals surface area contributed by atoms with E-state index in [-0.39, 0.29) is 5.82 Å². The van der Waals surface area contributed by atoms with Crippen molar-refractivity contribution >= 4 is 53.4 Å². The van der Waals surface area contributed by atoms with Gasteiger partial charge in [0, 0.05) is 53.2 Å². The van der Waals surface area contributed by atoms with Gasteiger partial charge in [0.05, 0.1) is 19.2 Å². The van der Waals surface area contributed by atoms with Gasteiger partial charge in [-0.1, -0.05) is 139 Å². The quantitative estimate of drug-likeness (QED) is 0.170. The summed E-state index contributed by atoms with van der Waals surface area (Å²) in [6, 6.07) is 24.2. The SMILES string of the molecule is [2H]c1c([2H])c([2H])c(-c2nc(-c3ccc4c(c3)oc3ccc(-c5cc(-c6ccccc6)c6sc7ccccc7c6c5)cc34)nc(-c3c([2H])c([2H])c([2H])c(-c4c([2H])c([2H])c([2H])c([2H])c4[2H])c3[2H])n2)c([2H])c1[2H]. The molecule has 0 spiro atoms. The van der Waals surface area contributed by atoms with Gasteiger partial charge in [0.15, 0.2) is 17.5 Å². The molecule has 0 N–H and O–H groups in total. The highest BCUT2D eigenvalue weighted by Gasteiger charge is 2.17. The molecule has 11 aromatic rings. The normalized spacial score (nSPS) is 15.1. The zero-order chi connectivity index (χ0) is 49.2. The third-order valence-electron chi connectivity index (χ3n) is 9.58. The van der Waals surface area contributed by atoms with E-state index in [9.17, 15) is 1.37 Å². The van der Waals surface area contributed by atoms with Gasteiger partial charge < -0.3 is 4.42 Å². The molecule has 0 radical (unpaired) electrons. The third-order valence-corrected chi connectivity index (χ3v) is 10.8.